The fraction of sp³-hybridized carbons (Fsp3) is 0.500. The highest BCUT2D eigenvalue weighted by Gasteiger charge is 2.49. The molecule has 1 rings (SSSR count). The summed E-state index contributed by atoms with van der Waals surface area (Å²) in [6.45, 7) is 2.13. The predicted octanol–water partition coefficient (Wildman–Crippen LogP) is 2.49. The van der Waals surface area contributed by atoms with Gasteiger partial charge in [-0.3, -0.25) is 0 Å². The molecule has 0 aliphatic rings. The third kappa shape index (κ3) is 4.27. The molecule has 0 saturated carbocycles. The van der Waals surface area contributed by atoms with E-state index in [9.17, 15) is 21.6 Å². The lowest BCUT2D eigenvalue weighted by atomic mass is 10.3. The van der Waals surface area contributed by atoms with Crippen LogP contribution in [0.2, 0.25) is 0 Å². The second-order valence-corrected chi connectivity index (χ2v) is 5.03. The van der Waals surface area contributed by atoms with Gasteiger partial charge in [0.25, 0.3) is 5.88 Å². The van der Waals surface area contributed by atoms with Gasteiger partial charge in [-0.05, 0) is 18.6 Å². The number of alkyl halides is 3. The quantitative estimate of drug-likeness (QED) is 0.459. The summed E-state index contributed by atoms with van der Waals surface area (Å²) in [6.07, 6.45) is 2.59. The lowest BCUT2D eigenvalue weighted by molar-refractivity contribution is -0.0502. The van der Waals surface area contributed by atoms with Crippen LogP contribution in [-0.2, 0) is 10.1 Å². The van der Waals surface area contributed by atoms with E-state index in [1.807, 2.05) is 6.92 Å². The van der Waals surface area contributed by atoms with Crippen LogP contribution in [0, 0.1) is 0 Å². The second-order valence-electron chi connectivity index (χ2n) is 3.49. The largest absolute Gasteiger partial charge is 0.534 e. The number of aromatic nitrogens is 1. The summed E-state index contributed by atoms with van der Waals surface area (Å²) >= 11 is 0. The maximum absolute atomic E-state index is 12.2. The van der Waals surface area contributed by atoms with Crippen LogP contribution < -0.4 is 8.92 Å². The van der Waals surface area contributed by atoms with Gasteiger partial charge in [0.1, 0.15) is 0 Å². The molecule has 0 radical (unpaired) electrons. The summed E-state index contributed by atoms with van der Waals surface area (Å²) < 4.78 is 67.3. The van der Waals surface area contributed by atoms with Gasteiger partial charge < -0.3 is 8.92 Å². The molecule has 1 aromatic rings. The molecule has 19 heavy (non-hydrogen) atoms. The lowest BCUT2D eigenvalue weighted by Crippen LogP contribution is -2.28. The Bertz CT molecular complexity index is 516. The smallest absolute Gasteiger partial charge is 0.488 e. The maximum atomic E-state index is 12.2. The van der Waals surface area contributed by atoms with Crippen molar-refractivity contribution in [2.24, 2.45) is 0 Å². The summed E-state index contributed by atoms with van der Waals surface area (Å²) in [6, 6.07) is 2.68. The fourth-order valence-electron chi connectivity index (χ4n) is 1.03. The van der Waals surface area contributed by atoms with Crippen LogP contribution in [-0.4, -0.2) is 25.5 Å². The molecule has 0 atom stereocenters. The van der Waals surface area contributed by atoms with E-state index in [0.717, 1.165) is 12.6 Å². The topological polar surface area (TPSA) is 65.5 Å². The molecule has 5 nitrogen and oxygen atoms in total. The van der Waals surface area contributed by atoms with E-state index in [-0.39, 0.29) is 12.4 Å². The Morgan fingerprint density at radius 3 is 2.63 bits per heavy atom. The van der Waals surface area contributed by atoms with Gasteiger partial charge in [0.05, 0.1) is 6.61 Å². The monoisotopic (exact) mass is 299 g/mol. The van der Waals surface area contributed by atoms with E-state index in [4.69, 9.17) is 4.74 Å². The first-order valence-electron chi connectivity index (χ1n) is 5.36. The number of rotatable bonds is 6. The van der Waals surface area contributed by atoms with Crippen molar-refractivity contribution in [3.63, 3.8) is 0 Å². The van der Waals surface area contributed by atoms with Crippen molar-refractivity contribution in [1.29, 1.82) is 0 Å². The highest BCUT2D eigenvalue weighted by molar-refractivity contribution is 7.87. The average Bonchev–Trinajstić information content (AvgIpc) is 2.30. The van der Waals surface area contributed by atoms with Crippen LogP contribution in [0.25, 0.3) is 0 Å². The minimum atomic E-state index is -5.75. The highest BCUT2D eigenvalue weighted by Crippen LogP contribution is 2.30. The SMILES string of the molecule is CCCCOc1cccnc1OS(=O)(=O)C(F)(F)F. The Balaban J connectivity index is 2.90. The van der Waals surface area contributed by atoms with Gasteiger partial charge in [-0.25, -0.2) is 4.98 Å². The normalized spacial score (nSPS) is 12.2. The fourth-order valence-corrected chi connectivity index (χ4v) is 1.45. The average molecular weight is 299 g/mol. The second kappa shape index (κ2) is 6.09. The zero-order chi connectivity index (χ0) is 14.5. The number of ether oxygens (including phenoxy) is 1. The maximum Gasteiger partial charge on any atom is 0.534 e. The molecule has 0 amide bonds. The Hall–Kier alpha value is -1.51. The predicted molar refractivity (Wildman–Crippen MR) is 60.2 cm³/mol. The van der Waals surface area contributed by atoms with E-state index < -0.39 is 21.5 Å². The van der Waals surface area contributed by atoms with Gasteiger partial charge in [0, 0.05) is 6.20 Å². The minimum absolute atomic E-state index is 0.149. The van der Waals surface area contributed by atoms with Crippen molar-refractivity contribution in [3.8, 4) is 11.6 Å². The third-order valence-corrected chi connectivity index (χ3v) is 2.91. The van der Waals surface area contributed by atoms with Gasteiger partial charge >= 0.3 is 15.6 Å². The summed E-state index contributed by atoms with van der Waals surface area (Å²) in [4.78, 5) is 3.43. The van der Waals surface area contributed by atoms with Crippen molar-refractivity contribution in [1.82, 2.24) is 4.98 Å². The third-order valence-electron chi connectivity index (χ3n) is 1.96. The van der Waals surface area contributed by atoms with E-state index in [1.54, 1.807) is 0 Å². The van der Waals surface area contributed by atoms with Gasteiger partial charge in [0.2, 0.25) is 0 Å². The molecule has 0 aliphatic carbocycles. The number of hydrogen-bond donors (Lipinski definition) is 0. The van der Waals surface area contributed by atoms with Crippen molar-refractivity contribution < 1.29 is 30.5 Å². The van der Waals surface area contributed by atoms with E-state index in [2.05, 4.69) is 9.17 Å². The summed E-state index contributed by atoms with van der Waals surface area (Å²) in [5, 5.41) is 0. The Morgan fingerprint density at radius 2 is 2.05 bits per heavy atom. The first-order valence-corrected chi connectivity index (χ1v) is 6.77. The van der Waals surface area contributed by atoms with E-state index in [1.165, 1.54) is 12.1 Å². The summed E-state index contributed by atoms with van der Waals surface area (Å²) in [5.41, 5.74) is -5.51. The molecule has 0 aliphatic heterocycles. The molecule has 0 spiro atoms. The Morgan fingerprint density at radius 1 is 1.37 bits per heavy atom. The zero-order valence-corrected chi connectivity index (χ0v) is 10.8. The van der Waals surface area contributed by atoms with Crippen molar-refractivity contribution >= 4 is 10.1 Å². The van der Waals surface area contributed by atoms with Crippen LogP contribution in [0.1, 0.15) is 19.8 Å². The van der Waals surface area contributed by atoms with Gasteiger partial charge in [-0.15, -0.1) is 0 Å². The first kappa shape index (κ1) is 15.5. The number of halogens is 3. The molecule has 0 aromatic carbocycles. The molecular weight excluding hydrogens is 287 g/mol. The van der Waals surface area contributed by atoms with Crippen molar-refractivity contribution in [3.05, 3.63) is 18.3 Å². The lowest BCUT2D eigenvalue weighted by Gasteiger charge is -2.12. The highest BCUT2D eigenvalue weighted by atomic mass is 32.2. The molecule has 1 heterocycles. The summed E-state index contributed by atoms with van der Waals surface area (Å²) in [7, 11) is -5.75. The van der Waals surface area contributed by atoms with Crippen LogP contribution in [0.15, 0.2) is 18.3 Å². The van der Waals surface area contributed by atoms with Gasteiger partial charge in [0.15, 0.2) is 5.75 Å². The molecule has 9 heteroatoms. The molecule has 108 valence electrons. The van der Waals surface area contributed by atoms with Crippen LogP contribution in [0.5, 0.6) is 11.6 Å². The molecule has 0 N–H and O–H groups in total. The van der Waals surface area contributed by atoms with Crippen molar-refractivity contribution in [2.45, 2.75) is 25.3 Å². The van der Waals surface area contributed by atoms with Gasteiger partial charge in [-0.1, -0.05) is 13.3 Å². The van der Waals surface area contributed by atoms with Crippen LogP contribution in [0.3, 0.4) is 0 Å². The number of nitrogens with zero attached hydrogens (tertiary/aromatic N) is 1. The number of pyridine rings is 1. The van der Waals surface area contributed by atoms with Gasteiger partial charge in [-0.2, -0.15) is 21.6 Å². The van der Waals surface area contributed by atoms with Crippen molar-refractivity contribution in [2.75, 3.05) is 6.61 Å². The Kier molecular flexibility index (Phi) is 4.98. The number of unbranched alkanes of at least 4 members (excludes halogenated alkanes) is 1. The molecular formula is C10H12F3NO4S. The zero-order valence-electron chi connectivity index (χ0n) is 9.98. The van der Waals surface area contributed by atoms with Crippen LogP contribution in [0.4, 0.5) is 13.2 Å². The van der Waals surface area contributed by atoms with E-state index in [0.29, 0.717) is 6.42 Å². The molecule has 0 unspecified atom stereocenters. The molecule has 0 saturated heterocycles. The summed E-state index contributed by atoms with van der Waals surface area (Å²) in [5.74, 6) is -0.875. The Labute approximate surface area is 108 Å². The molecule has 1 aromatic heterocycles. The number of hydrogen-bond acceptors (Lipinski definition) is 5. The van der Waals surface area contributed by atoms with E-state index >= 15 is 0 Å². The molecule has 0 bridgehead atoms. The van der Waals surface area contributed by atoms with Crippen LogP contribution >= 0.6 is 0 Å². The minimum Gasteiger partial charge on any atom is -0.488 e. The standard InChI is InChI=1S/C10H12F3NO4S/c1-2-3-7-17-8-5-4-6-14-9(8)18-19(15,16)10(11,12)13/h4-6H,2-3,7H2,1H3. The molecule has 0 fully saturated rings. The first-order chi connectivity index (χ1) is 8.78.